The Kier molecular flexibility index (Phi) is 8.82. The first kappa shape index (κ1) is 11.0. The molecule has 0 aliphatic carbocycles. The van der Waals surface area contributed by atoms with Crippen molar-refractivity contribution in [3.05, 3.63) is 0 Å². The first-order valence-corrected chi connectivity index (χ1v) is 5.76. The van der Waals surface area contributed by atoms with Gasteiger partial charge < -0.3 is 0 Å². The number of alkyl halides is 2. The lowest BCUT2D eigenvalue weighted by molar-refractivity contribution is 0.276. The first-order valence-electron chi connectivity index (χ1n) is 2.72. The van der Waals surface area contributed by atoms with Crippen LogP contribution in [0.2, 0.25) is 0 Å². The van der Waals surface area contributed by atoms with Gasteiger partial charge in [0.15, 0.2) is 0 Å². The summed E-state index contributed by atoms with van der Waals surface area (Å²) in [6.45, 7) is 0. The maximum absolute atomic E-state index is 10.8. The van der Waals surface area contributed by atoms with Crippen LogP contribution in [-0.2, 0) is 0 Å². The van der Waals surface area contributed by atoms with Gasteiger partial charge in [-0.1, -0.05) is 23.5 Å². The van der Waals surface area contributed by atoms with Crippen molar-refractivity contribution in [1.82, 2.24) is 0 Å². The van der Waals surface area contributed by atoms with Crippen LogP contribution in [0.3, 0.4) is 0 Å². The van der Waals surface area contributed by atoms with E-state index in [1.807, 2.05) is 0 Å². The molecule has 0 atom stereocenters. The van der Waals surface area contributed by atoms with Gasteiger partial charge in [0.25, 0.3) is 0 Å². The minimum absolute atomic E-state index is 0.112. The molecule has 10 heavy (non-hydrogen) atoms. The van der Waals surface area contributed by atoms with Gasteiger partial charge in [-0.05, 0) is 0 Å². The van der Waals surface area contributed by atoms with Crippen molar-refractivity contribution in [3.63, 3.8) is 0 Å². The van der Waals surface area contributed by atoms with E-state index in [2.05, 4.69) is 0 Å². The van der Waals surface area contributed by atoms with Gasteiger partial charge in [0.2, 0.25) is 4.45 Å². The van der Waals surface area contributed by atoms with Crippen molar-refractivity contribution >= 4 is 51.2 Å². The maximum atomic E-state index is 10.8. The van der Waals surface area contributed by atoms with Gasteiger partial charge in [-0.3, -0.25) is 4.79 Å². The Bertz CT molecular complexity index is 89.6. The second-order valence-electron chi connectivity index (χ2n) is 1.32. The number of thioether (sulfide) groups is 2. The van der Waals surface area contributed by atoms with Gasteiger partial charge in [-0.2, -0.15) is 0 Å². The molecule has 0 spiro atoms. The summed E-state index contributed by atoms with van der Waals surface area (Å²) in [4.78, 5) is 10.8. The van der Waals surface area contributed by atoms with Gasteiger partial charge >= 0.3 is 0 Å². The predicted molar refractivity (Wildman–Crippen MR) is 51.8 cm³/mol. The molecule has 0 aromatic rings. The molecule has 5 heteroatoms. The molecule has 0 saturated heterocycles. The summed E-state index contributed by atoms with van der Waals surface area (Å²) in [6, 6.07) is 0. The quantitative estimate of drug-likeness (QED) is 0.676. The van der Waals surface area contributed by atoms with E-state index in [4.69, 9.17) is 23.2 Å². The van der Waals surface area contributed by atoms with Gasteiger partial charge in [0.1, 0.15) is 0 Å². The fourth-order valence-electron chi connectivity index (χ4n) is 0.285. The fourth-order valence-corrected chi connectivity index (χ4v) is 2.07. The highest BCUT2D eigenvalue weighted by Crippen LogP contribution is 2.16. The third kappa shape index (κ3) is 7.06. The lowest BCUT2D eigenvalue weighted by atomic mass is 11.0. The molecule has 0 N–H and O–H groups in total. The second kappa shape index (κ2) is 8.05. The number of hydrogen-bond donors (Lipinski definition) is 0. The smallest absolute Gasteiger partial charge is 0.246 e. The van der Waals surface area contributed by atoms with Gasteiger partial charge in [0.05, 0.1) is 0 Å². The molecule has 0 aromatic carbocycles. The number of hydrogen-bond acceptors (Lipinski definition) is 3. The Balaban J connectivity index is 3.09. The molecule has 0 heterocycles. The Hall–Kier alpha value is 0.950. The molecule has 60 valence electrons. The van der Waals surface area contributed by atoms with Crippen molar-refractivity contribution < 1.29 is 4.79 Å². The van der Waals surface area contributed by atoms with E-state index >= 15 is 0 Å². The van der Waals surface area contributed by atoms with Gasteiger partial charge in [-0.25, -0.2) is 0 Å². The summed E-state index contributed by atoms with van der Waals surface area (Å²) >= 11 is 13.2. The molecule has 0 radical (unpaired) electrons. The molecule has 0 unspecified atom stereocenters. The van der Waals surface area contributed by atoms with Crippen LogP contribution in [0.4, 0.5) is 4.79 Å². The van der Waals surface area contributed by atoms with Crippen LogP contribution < -0.4 is 0 Å². The van der Waals surface area contributed by atoms with Crippen molar-refractivity contribution in [2.75, 3.05) is 23.3 Å². The number of halogens is 2. The minimum atomic E-state index is 0.112. The number of carbonyl (C=O) groups is 1. The van der Waals surface area contributed by atoms with E-state index in [1.165, 1.54) is 23.5 Å². The van der Waals surface area contributed by atoms with Crippen LogP contribution >= 0.6 is 46.7 Å². The van der Waals surface area contributed by atoms with Crippen LogP contribution in [0, 0.1) is 0 Å². The normalized spacial score (nSPS) is 9.80. The topological polar surface area (TPSA) is 17.1 Å². The summed E-state index contributed by atoms with van der Waals surface area (Å²) < 4.78 is 0.112. The van der Waals surface area contributed by atoms with Crippen molar-refractivity contribution in [2.24, 2.45) is 0 Å². The molecule has 0 aromatic heterocycles. The molecule has 0 amide bonds. The zero-order valence-electron chi connectivity index (χ0n) is 5.31. The molecular weight excluding hydrogens is 211 g/mol. The Morgan fingerprint density at radius 2 is 1.50 bits per heavy atom. The molecule has 1 nitrogen and oxygen atoms in total. The van der Waals surface area contributed by atoms with E-state index in [-0.39, 0.29) is 4.45 Å². The van der Waals surface area contributed by atoms with E-state index in [9.17, 15) is 4.79 Å². The number of carbonyl (C=O) groups excluding carboxylic acids is 1. The lowest BCUT2D eigenvalue weighted by Gasteiger charge is -1.94. The highest BCUT2D eigenvalue weighted by Gasteiger charge is 2.00. The van der Waals surface area contributed by atoms with E-state index in [0.717, 1.165) is 0 Å². The van der Waals surface area contributed by atoms with E-state index < -0.39 is 0 Å². The van der Waals surface area contributed by atoms with Crippen LogP contribution in [0.5, 0.6) is 0 Å². The molecule has 0 bridgehead atoms. The summed E-state index contributed by atoms with van der Waals surface area (Å²) in [7, 11) is 0. The monoisotopic (exact) mass is 218 g/mol. The van der Waals surface area contributed by atoms with Crippen LogP contribution in [0.15, 0.2) is 0 Å². The minimum Gasteiger partial charge on any atom is -0.274 e. The standard InChI is InChI=1S/C5H8Cl2OS2/c6-1-3-9-5(8)10-4-2-7/h1-4H2. The molecule has 0 saturated carbocycles. The van der Waals surface area contributed by atoms with E-state index in [1.54, 1.807) is 0 Å². The second-order valence-corrected chi connectivity index (χ2v) is 4.47. The fraction of sp³-hybridized carbons (Fsp3) is 0.800. The summed E-state index contributed by atoms with van der Waals surface area (Å²) in [5, 5.41) is 0. The van der Waals surface area contributed by atoms with Crippen molar-refractivity contribution in [2.45, 2.75) is 0 Å². The SMILES string of the molecule is O=C(SCCCl)SCCCl. The molecule has 0 aliphatic heterocycles. The predicted octanol–water partition coefficient (Wildman–Crippen LogP) is 3.05. The van der Waals surface area contributed by atoms with Crippen LogP contribution in [0.25, 0.3) is 0 Å². The Labute approximate surface area is 79.2 Å². The van der Waals surface area contributed by atoms with Crippen molar-refractivity contribution in [3.8, 4) is 0 Å². The molecule has 0 fully saturated rings. The van der Waals surface area contributed by atoms with Crippen molar-refractivity contribution in [1.29, 1.82) is 0 Å². The Morgan fingerprint density at radius 1 is 1.10 bits per heavy atom. The van der Waals surface area contributed by atoms with Crippen LogP contribution in [0.1, 0.15) is 0 Å². The average molecular weight is 219 g/mol. The molecular formula is C5H8Cl2OS2. The molecule has 0 aliphatic rings. The highest BCUT2D eigenvalue weighted by molar-refractivity contribution is 8.38. The Morgan fingerprint density at radius 3 is 1.80 bits per heavy atom. The number of rotatable bonds is 4. The zero-order valence-corrected chi connectivity index (χ0v) is 8.45. The lowest BCUT2D eigenvalue weighted by Crippen LogP contribution is -1.88. The third-order valence-corrected chi connectivity index (χ3v) is 3.42. The van der Waals surface area contributed by atoms with E-state index in [0.29, 0.717) is 23.3 Å². The highest BCUT2D eigenvalue weighted by atomic mass is 35.5. The summed E-state index contributed by atoms with van der Waals surface area (Å²) in [5.74, 6) is 2.43. The van der Waals surface area contributed by atoms with Crippen LogP contribution in [-0.4, -0.2) is 27.7 Å². The maximum Gasteiger partial charge on any atom is 0.246 e. The largest absolute Gasteiger partial charge is 0.274 e. The zero-order chi connectivity index (χ0) is 7.82. The summed E-state index contributed by atoms with van der Waals surface area (Å²) in [5.41, 5.74) is 0. The van der Waals surface area contributed by atoms with Gasteiger partial charge in [-0.15, -0.1) is 23.2 Å². The third-order valence-electron chi connectivity index (χ3n) is 0.594. The molecule has 0 rings (SSSR count). The summed E-state index contributed by atoms with van der Waals surface area (Å²) in [6.07, 6.45) is 0. The first-order chi connectivity index (χ1) is 4.81. The van der Waals surface area contributed by atoms with Gasteiger partial charge in [0, 0.05) is 23.3 Å². The average Bonchev–Trinajstić information content (AvgIpc) is 1.97.